The topological polar surface area (TPSA) is 138 Å². The molecule has 232 valence electrons. The van der Waals surface area contributed by atoms with Crippen molar-refractivity contribution in [2.75, 3.05) is 45.0 Å². The number of carbonyl (C=O) groups excluding carboxylic acids is 1. The third-order valence-electron chi connectivity index (χ3n) is 8.51. The van der Waals surface area contributed by atoms with Gasteiger partial charge in [-0.3, -0.25) is 9.69 Å². The van der Waals surface area contributed by atoms with Crippen molar-refractivity contribution < 1.29 is 13.9 Å². The van der Waals surface area contributed by atoms with Crippen LogP contribution in [-0.4, -0.2) is 80.8 Å². The zero-order chi connectivity index (χ0) is 31.3. The van der Waals surface area contributed by atoms with E-state index in [0.717, 1.165) is 32.6 Å². The highest BCUT2D eigenvalue weighted by Gasteiger charge is 2.30. The molecule has 2 aromatic carbocycles. The molecule has 45 heavy (non-hydrogen) atoms. The third kappa shape index (κ3) is 6.50. The quantitative estimate of drug-likeness (QED) is 0.221. The van der Waals surface area contributed by atoms with Gasteiger partial charge in [0.15, 0.2) is 5.65 Å². The number of rotatable bonds is 8. The van der Waals surface area contributed by atoms with Gasteiger partial charge in [0.05, 0.1) is 11.4 Å². The van der Waals surface area contributed by atoms with Crippen molar-refractivity contribution in [3.63, 3.8) is 0 Å². The summed E-state index contributed by atoms with van der Waals surface area (Å²) in [4.78, 5) is 26.2. The summed E-state index contributed by atoms with van der Waals surface area (Å²) in [6, 6.07) is 15.8. The lowest BCUT2D eigenvalue weighted by Crippen LogP contribution is -2.47. The normalized spacial score (nSPS) is 18.5. The largest absolute Gasteiger partial charge is 0.457 e. The van der Waals surface area contributed by atoms with Gasteiger partial charge in [-0.1, -0.05) is 24.3 Å². The number of fused-ring (bicyclic) bond motifs is 1. The number of nitrogen functional groups attached to an aromatic ring is 1. The Kier molecular flexibility index (Phi) is 9.00. The molecule has 11 nitrogen and oxygen atoms in total. The predicted molar refractivity (Wildman–Crippen MR) is 169 cm³/mol. The van der Waals surface area contributed by atoms with Gasteiger partial charge in [0.1, 0.15) is 46.8 Å². The number of nitriles is 1. The van der Waals surface area contributed by atoms with E-state index in [1.807, 2.05) is 18.2 Å². The number of nitrogens with two attached hydrogens (primary N) is 1. The van der Waals surface area contributed by atoms with Crippen molar-refractivity contribution in [1.82, 2.24) is 34.9 Å². The van der Waals surface area contributed by atoms with Crippen LogP contribution in [0.2, 0.25) is 0 Å². The zero-order valence-electron chi connectivity index (χ0n) is 25.2. The number of benzene rings is 2. The molecule has 0 spiro atoms. The van der Waals surface area contributed by atoms with Crippen LogP contribution in [0.3, 0.4) is 0 Å². The molecule has 4 aromatic rings. The van der Waals surface area contributed by atoms with Gasteiger partial charge in [0.2, 0.25) is 0 Å². The Labute approximate surface area is 261 Å². The predicted octanol–water partition coefficient (Wildman–Crippen LogP) is 4.30. The fourth-order valence-electron chi connectivity index (χ4n) is 6.06. The maximum absolute atomic E-state index is 15.6. The van der Waals surface area contributed by atoms with Crippen LogP contribution in [0.4, 0.5) is 10.2 Å². The molecule has 12 heteroatoms. The van der Waals surface area contributed by atoms with Crippen LogP contribution in [0, 0.1) is 17.1 Å². The summed E-state index contributed by atoms with van der Waals surface area (Å²) in [7, 11) is 0. The highest BCUT2D eigenvalue weighted by atomic mass is 19.1. The number of piperazine rings is 1. The Bertz CT molecular complexity index is 1740. The zero-order valence-corrected chi connectivity index (χ0v) is 25.2. The van der Waals surface area contributed by atoms with Gasteiger partial charge < -0.3 is 20.7 Å². The number of carbonyl (C=O) groups is 1. The van der Waals surface area contributed by atoms with Crippen LogP contribution in [0.1, 0.15) is 32.2 Å². The number of hydrogen-bond acceptors (Lipinski definition) is 9. The van der Waals surface area contributed by atoms with Crippen molar-refractivity contribution in [3.05, 3.63) is 72.3 Å². The average Bonchev–Trinajstić information content (AvgIpc) is 3.46. The van der Waals surface area contributed by atoms with E-state index in [0.29, 0.717) is 54.2 Å². The van der Waals surface area contributed by atoms with E-state index >= 15 is 4.39 Å². The number of anilines is 1. The minimum Gasteiger partial charge on any atom is -0.457 e. The minimum atomic E-state index is -0.530. The molecule has 0 saturated carbocycles. The first-order valence-corrected chi connectivity index (χ1v) is 15.3. The lowest BCUT2D eigenvalue weighted by atomic mass is 10.0. The summed E-state index contributed by atoms with van der Waals surface area (Å²) >= 11 is 0. The first kappa shape index (κ1) is 30.2. The molecule has 6 rings (SSSR count). The molecule has 0 radical (unpaired) electrons. The Morgan fingerprint density at radius 1 is 1.18 bits per heavy atom. The molecule has 0 aliphatic carbocycles. The van der Waals surface area contributed by atoms with E-state index in [-0.39, 0.29) is 34.9 Å². The van der Waals surface area contributed by atoms with Gasteiger partial charge in [-0.25, -0.2) is 19.0 Å². The molecular formula is C33H36FN9O2. The van der Waals surface area contributed by atoms with E-state index in [2.05, 4.69) is 33.2 Å². The van der Waals surface area contributed by atoms with Crippen LogP contribution in [0.25, 0.3) is 22.3 Å². The number of aromatic nitrogens is 4. The fourth-order valence-corrected chi connectivity index (χ4v) is 6.06. The Morgan fingerprint density at radius 3 is 2.73 bits per heavy atom. The van der Waals surface area contributed by atoms with Crippen molar-refractivity contribution in [2.45, 2.75) is 38.3 Å². The molecule has 2 aromatic heterocycles. The van der Waals surface area contributed by atoms with Crippen LogP contribution in [-0.2, 0) is 4.79 Å². The minimum absolute atomic E-state index is 0.148. The van der Waals surface area contributed by atoms with Gasteiger partial charge in [-0.2, -0.15) is 10.4 Å². The van der Waals surface area contributed by atoms with E-state index in [1.54, 1.807) is 39.9 Å². The van der Waals surface area contributed by atoms with Gasteiger partial charge in [0.25, 0.3) is 5.91 Å². The van der Waals surface area contributed by atoms with E-state index in [9.17, 15) is 10.1 Å². The molecule has 1 unspecified atom stereocenters. The Balaban J connectivity index is 1.24. The summed E-state index contributed by atoms with van der Waals surface area (Å²) in [5, 5.41) is 18.5. The molecule has 4 heterocycles. The second kappa shape index (κ2) is 13.4. The number of nitrogens with zero attached hydrogens (tertiary/aromatic N) is 7. The Morgan fingerprint density at radius 2 is 1.98 bits per heavy atom. The SMILES string of the molecule is CC(CC=C(C#N)C(=O)N1CCC[C@@H](n2nc(-c3ccc(Oc4ccccc4)cc3F)c3c(N)ncnc32)C1)N1CCNCC1. The number of nitrogens with one attached hydrogen (secondary N) is 1. The lowest BCUT2D eigenvalue weighted by Gasteiger charge is -2.33. The lowest BCUT2D eigenvalue weighted by molar-refractivity contribution is -0.128. The smallest absolute Gasteiger partial charge is 0.264 e. The number of ether oxygens (including phenoxy) is 1. The Hall–Kier alpha value is -4.86. The second-order valence-corrected chi connectivity index (χ2v) is 11.5. The molecule has 1 amide bonds. The number of halogens is 1. The van der Waals surface area contributed by atoms with Crippen LogP contribution in [0.5, 0.6) is 11.5 Å². The van der Waals surface area contributed by atoms with Gasteiger partial charge in [-0.15, -0.1) is 0 Å². The molecule has 2 atom stereocenters. The molecule has 2 fully saturated rings. The summed E-state index contributed by atoms with van der Waals surface area (Å²) in [6.07, 6.45) is 5.18. The molecule has 2 saturated heterocycles. The van der Waals surface area contributed by atoms with Crippen molar-refractivity contribution >= 4 is 22.8 Å². The fraction of sp³-hybridized carbons (Fsp3) is 0.364. The number of hydrogen-bond donors (Lipinski definition) is 2. The van der Waals surface area contributed by atoms with Crippen molar-refractivity contribution in [1.29, 1.82) is 5.26 Å². The summed E-state index contributed by atoms with van der Waals surface area (Å²) in [6.45, 7) is 6.76. The molecule has 0 bridgehead atoms. The van der Waals surface area contributed by atoms with Crippen LogP contribution < -0.4 is 15.8 Å². The van der Waals surface area contributed by atoms with E-state index in [1.165, 1.54) is 12.4 Å². The van der Waals surface area contributed by atoms with Crippen molar-refractivity contribution in [3.8, 4) is 28.8 Å². The number of likely N-dealkylation sites (tertiary alicyclic amines) is 1. The standard InChI is InChI=1S/C33H36FN9O2/c1-22(41-16-13-37-14-17-41)9-10-23(19-35)33(44)42-15-5-6-24(20-42)43-32-29(31(36)38-21-39-32)30(40-43)27-12-11-26(18-28(27)34)45-25-7-3-2-4-8-25/h2-4,7-8,10-12,18,21-22,24,37H,5-6,9,13-17,20H2,1H3,(H2,36,38,39)/t22?,24-/m1/s1. The van der Waals surface area contributed by atoms with Crippen LogP contribution in [0.15, 0.2) is 66.5 Å². The van der Waals surface area contributed by atoms with E-state index in [4.69, 9.17) is 15.6 Å². The van der Waals surface area contributed by atoms with Crippen molar-refractivity contribution in [2.24, 2.45) is 0 Å². The summed E-state index contributed by atoms with van der Waals surface area (Å²) in [5.41, 5.74) is 7.45. The van der Waals surface area contributed by atoms with Crippen LogP contribution >= 0.6 is 0 Å². The second-order valence-electron chi connectivity index (χ2n) is 11.5. The molecular weight excluding hydrogens is 573 g/mol. The number of para-hydroxylation sites is 1. The van der Waals surface area contributed by atoms with Gasteiger partial charge in [-0.05, 0) is 50.5 Å². The molecule has 2 aliphatic heterocycles. The first-order valence-electron chi connectivity index (χ1n) is 15.3. The highest BCUT2D eigenvalue weighted by Crippen LogP contribution is 2.36. The first-order chi connectivity index (χ1) is 21.9. The summed E-state index contributed by atoms with van der Waals surface area (Å²) < 4.78 is 23.1. The monoisotopic (exact) mass is 609 g/mol. The summed E-state index contributed by atoms with van der Waals surface area (Å²) in [5.74, 6) is 0.304. The van der Waals surface area contributed by atoms with Gasteiger partial charge in [0, 0.05) is 56.9 Å². The number of piperidine rings is 1. The molecule has 3 N–H and O–H groups in total. The highest BCUT2D eigenvalue weighted by molar-refractivity contribution is 5.99. The molecule has 2 aliphatic rings. The van der Waals surface area contributed by atoms with E-state index < -0.39 is 5.82 Å². The maximum Gasteiger partial charge on any atom is 0.264 e. The number of amides is 1. The maximum atomic E-state index is 15.6. The van der Waals surface area contributed by atoms with Gasteiger partial charge >= 0.3 is 0 Å². The average molecular weight is 610 g/mol. The third-order valence-corrected chi connectivity index (χ3v) is 8.51.